The molecule has 0 heterocycles. The Morgan fingerprint density at radius 3 is 2.30 bits per heavy atom. The zero-order valence-corrected chi connectivity index (χ0v) is 15.8. The fourth-order valence-corrected chi connectivity index (χ4v) is 3.65. The van der Waals surface area contributed by atoms with Gasteiger partial charge in [0.25, 0.3) is 0 Å². The molecule has 1 aromatic rings. The lowest BCUT2D eigenvalue weighted by Gasteiger charge is -2.30. The molecule has 1 atom stereocenters. The van der Waals surface area contributed by atoms with E-state index in [1.54, 1.807) is 6.07 Å². The van der Waals surface area contributed by atoms with Gasteiger partial charge in [-0.2, -0.15) is 5.26 Å². The molecule has 0 amide bonds. The van der Waals surface area contributed by atoms with Crippen molar-refractivity contribution >= 4 is 10.0 Å². The molecule has 0 saturated carbocycles. The van der Waals surface area contributed by atoms with Gasteiger partial charge >= 0.3 is 0 Å². The molecular weight excluding hydrogens is 308 g/mol. The summed E-state index contributed by atoms with van der Waals surface area (Å²) in [6.45, 7) is 10.5. The summed E-state index contributed by atoms with van der Waals surface area (Å²) in [6, 6.07) is 5.83. The van der Waals surface area contributed by atoms with Crippen molar-refractivity contribution in [2.45, 2.75) is 64.7 Å². The molecule has 128 valence electrons. The van der Waals surface area contributed by atoms with Crippen molar-refractivity contribution in [3.63, 3.8) is 0 Å². The van der Waals surface area contributed by atoms with Gasteiger partial charge in [-0.3, -0.25) is 0 Å². The summed E-state index contributed by atoms with van der Waals surface area (Å²) in [6.07, 6.45) is 2.03. The molecule has 5 heteroatoms. The normalized spacial score (nSPS) is 13.6. The Kier molecular flexibility index (Phi) is 6.38. The molecule has 4 nitrogen and oxygen atoms in total. The first kappa shape index (κ1) is 19.7. The van der Waals surface area contributed by atoms with E-state index in [1.165, 1.54) is 7.05 Å². The third-order valence-electron chi connectivity index (χ3n) is 4.44. The van der Waals surface area contributed by atoms with E-state index < -0.39 is 10.0 Å². The Hall–Kier alpha value is -1.38. The van der Waals surface area contributed by atoms with Crippen LogP contribution < -0.4 is 4.72 Å². The van der Waals surface area contributed by atoms with Gasteiger partial charge in [-0.25, -0.2) is 13.1 Å². The molecule has 1 aromatic carbocycles. The van der Waals surface area contributed by atoms with Gasteiger partial charge in [0.15, 0.2) is 0 Å². The monoisotopic (exact) mass is 336 g/mol. The zero-order valence-electron chi connectivity index (χ0n) is 15.0. The van der Waals surface area contributed by atoms with E-state index >= 15 is 0 Å². The van der Waals surface area contributed by atoms with E-state index in [-0.39, 0.29) is 17.8 Å². The third kappa shape index (κ3) is 4.55. The molecule has 0 fully saturated rings. The van der Waals surface area contributed by atoms with Gasteiger partial charge in [-0.1, -0.05) is 47.1 Å². The van der Waals surface area contributed by atoms with Crippen molar-refractivity contribution in [3.8, 4) is 6.07 Å². The van der Waals surface area contributed by atoms with Gasteiger partial charge in [0.2, 0.25) is 10.0 Å². The van der Waals surface area contributed by atoms with Crippen LogP contribution in [0.1, 0.15) is 63.6 Å². The molecule has 0 bridgehead atoms. The van der Waals surface area contributed by atoms with E-state index in [4.69, 9.17) is 5.26 Å². The summed E-state index contributed by atoms with van der Waals surface area (Å²) in [4.78, 5) is 0.299. The maximum Gasteiger partial charge on any atom is 0.240 e. The Bertz CT molecular complexity index is 695. The largest absolute Gasteiger partial charge is 0.240 e. The number of hydrogen-bond acceptors (Lipinski definition) is 3. The van der Waals surface area contributed by atoms with Gasteiger partial charge in [-0.15, -0.1) is 0 Å². The van der Waals surface area contributed by atoms with Crippen molar-refractivity contribution in [2.24, 2.45) is 5.41 Å². The van der Waals surface area contributed by atoms with E-state index in [2.05, 4.69) is 45.4 Å². The van der Waals surface area contributed by atoms with Gasteiger partial charge in [-0.05, 0) is 47.6 Å². The van der Waals surface area contributed by atoms with Crippen LogP contribution in [0, 0.1) is 16.7 Å². The average Bonchev–Trinajstić information content (AvgIpc) is 2.47. The molecule has 0 aliphatic rings. The number of rotatable bonds is 6. The van der Waals surface area contributed by atoms with Crippen molar-refractivity contribution in [1.29, 1.82) is 5.26 Å². The average molecular weight is 337 g/mol. The van der Waals surface area contributed by atoms with Crippen molar-refractivity contribution in [2.75, 3.05) is 7.05 Å². The van der Waals surface area contributed by atoms with E-state index in [0.717, 1.165) is 29.5 Å². The topological polar surface area (TPSA) is 70.0 Å². The van der Waals surface area contributed by atoms with E-state index in [0.29, 0.717) is 4.90 Å². The Morgan fingerprint density at radius 2 is 1.87 bits per heavy atom. The lowest BCUT2D eigenvalue weighted by Crippen LogP contribution is -2.24. The molecule has 0 aliphatic heterocycles. The van der Waals surface area contributed by atoms with Crippen LogP contribution in [0.5, 0.6) is 0 Å². The summed E-state index contributed by atoms with van der Waals surface area (Å²) in [5.74, 6) is 0.0763. The highest BCUT2D eigenvalue weighted by Crippen LogP contribution is 2.39. The molecule has 0 radical (unpaired) electrons. The minimum atomic E-state index is -3.57. The summed E-state index contributed by atoms with van der Waals surface area (Å²) >= 11 is 0. The minimum Gasteiger partial charge on any atom is -0.214 e. The molecule has 0 aromatic heterocycles. The number of nitrogens with one attached hydrogen (secondary N) is 1. The summed E-state index contributed by atoms with van der Waals surface area (Å²) in [7, 11) is -2.14. The Balaban J connectivity index is 3.70. The van der Waals surface area contributed by atoms with E-state index in [9.17, 15) is 8.42 Å². The van der Waals surface area contributed by atoms with Crippen LogP contribution in [0.2, 0.25) is 0 Å². The van der Waals surface area contributed by atoms with Crippen LogP contribution in [0.4, 0.5) is 0 Å². The van der Waals surface area contributed by atoms with Gasteiger partial charge in [0.1, 0.15) is 0 Å². The van der Waals surface area contributed by atoms with Crippen molar-refractivity contribution in [1.82, 2.24) is 4.72 Å². The summed E-state index contributed by atoms with van der Waals surface area (Å²) in [5.41, 5.74) is 2.67. The number of sulfonamides is 1. The first-order valence-corrected chi connectivity index (χ1v) is 9.53. The van der Waals surface area contributed by atoms with Gasteiger partial charge < -0.3 is 0 Å². The standard InChI is InChI=1S/C18H28N2O2S/c1-7-8-14-11-16(13(2)18(3,4)5)17(23(21,22)20-6)12-15(14)9-10-19/h11-13,20H,7-9H2,1-6H3. The Morgan fingerprint density at radius 1 is 1.26 bits per heavy atom. The number of benzene rings is 1. The molecule has 0 spiro atoms. The second-order valence-electron chi connectivity index (χ2n) is 7.04. The quantitative estimate of drug-likeness (QED) is 0.860. The predicted molar refractivity (Wildman–Crippen MR) is 93.9 cm³/mol. The number of aryl methyl sites for hydroxylation is 1. The first-order valence-electron chi connectivity index (χ1n) is 8.04. The molecule has 1 unspecified atom stereocenters. The van der Waals surface area contributed by atoms with Crippen LogP contribution in [0.3, 0.4) is 0 Å². The van der Waals surface area contributed by atoms with Crippen LogP contribution in [0.15, 0.2) is 17.0 Å². The van der Waals surface area contributed by atoms with Crippen molar-refractivity contribution in [3.05, 3.63) is 28.8 Å². The Labute approximate surface area is 141 Å². The van der Waals surface area contributed by atoms with Crippen LogP contribution in [-0.4, -0.2) is 15.5 Å². The number of hydrogen-bond donors (Lipinski definition) is 1. The number of nitrogens with zero attached hydrogens (tertiary/aromatic N) is 1. The van der Waals surface area contributed by atoms with Crippen LogP contribution in [0.25, 0.3) is 0 Å². The lowest BCUT2D eigenvalue weighted by atomic mass is 9.77. The molecule has 1 N–H and O–H groups in total. The fourth-order valence-electron chi connectivity index (χ4n) is 2.59. The zero-order chi connectivity index (χ0) is 17.8. The molecule has 1 rings (SSSR count). The van der Waals surface area contributed by atoms with Gasteiger partial charge in [0, 0.05) is 0 Å². The minimum absolute atomic E-state index is 0.0573. The van der Waals surface area contributed by atoms with E-state index in [1.807, 2.05) is 6.07 Å². The highest BCUT2D eigenvalue weighted by Gasteiger charge is 2.29. The van der Waals surface area contributed by atoms with Crippen LogP contribution in [-0.2, 0) is 22.9 Å². The second kappa shape index (κ2) is 7.46. The molecule has 0 aliphatic carbocycles. The maximum absolute atomic E-state index is 12.5. The molecular formula is C18H28N2O2S. The SMILES string of the molecule is CCCc1cc(C(C)C(C)(C)C)c(S(=O)(=O)NC)cc1CC#N. The maximum atomic E-state index is 12.5. The fraction of sp³-hybridized carbons (Fsp3) is 0.611. The third-order valence-corrected chi connectivity index (χ3v) is 5.91. The predicted octanol–water partition coefficient (Wildman–Crippen LogP) is 3.76. The van der Waals surface area contributed by atoms with Crippen LogP contribution >= 0.6 is 0 Å². The summed E-state index contributed by atoms with van der Waals surface area (Å²) in [5, 5.41) is 9.06. The van der Waals surface area contributed by atoms with Gasteiger partial charge in [0.05, 0.1) is 17.4 Å². The van der Waals surface area contributed by atoms with Crippen molar-refractivity contribution < 1.29 is 8.42 Å². The lowest BCUT2D eigenvalue weighted by molar-refractivity contribution is 0.335. The molecule has 23 heavy (non-hydrogen) atoms. The highest BCUT2D eigenvalue weighted by atomic mass is 32.2. The highest BCUT2D eigenvalue weighted by molar-refractivity contribution is 7.89. The smallest absolute Gasteiger partial charge is 0.214 e. The first-order chi connectivity index (χ1) is 10.6. The summed E-state index contributed by atoms with van der Waals surface area (Å²) < 4.78 is 27.4. The number of nitriles is 1. The second-order valence-corrected chi connectivity index (χ2v) is 8.89. The molecule has 0 saturated heterocycles.